The first kappa shape index (κ1) is 19.3. The van der Waals surface area contributed by atoms with Gasteiger partial charge in [0, 0.05) is 18.3 Å². The second-order valence-corrected chi connectivity index (χ2v) is 7.52. The van der Waals surface area contributed by atoms with Crippen LogP contribution in [0.1, 0.15) is 55.1 Å². The lowest BCUT2D eigenvalue weighted by Gasteiger charge is -2.13. The molecule has 4 rings (SSSR count). The van der Waals surface area contributed by atoms with E-state index in [4.69, 9.17) is 0 Å². The van der Waals surface area contributed by atoms with E-state index in [2.05, 4.69) is 51.6 Å². The van der Waals surface area contributed by atoms with Gasteiger partial charge < -0.3 is 5.32 Å². The number of hydrogen-bond acceptors (Lipinski definition) is 4. The van der Waals surface area contributed by atoms with Crippen molar-refractivity contribution in [3.8, 4) is 22.8 Å². The number of carbonyl (C=O) groups is 1. The van der Waals surface area contributed by atoms with Crippen molar-refractivity contribution in [3.63, 3.8) is 0 Å². The zero-order valence-electron chi connectivity index (χ0n) is 16.9. The van der Waals surface area contributed by atoms with Gasteiger partial charge in [0.1, 0.15) is 11.4 Å². The minimum absolute atomic E-state index is 0.0884. The van der Waals surface area contributed by atoms with Crippen molar-refractivity contribution in [1.29, 1.82) is 0 Å². The van der Waals surface area contributed by atoms with Crippen molar-refractivity contribution < 1.29 is 4.79 Å². The molecule has 3 heterocycles. The average Bonchev–Trinajstić information content (AvgIpc) is 3.20. The number of aromatic nitrogens is 4. The SMILES string of the molecule is CCCCCCCc1ccc(-c2nccc(-c3cc4n(n3)CCNC4=O)n2)cc1. The highest BCUT2D eigenvalue weighted by atomic mass is 16.2. The van der Waals surface area contributed by atoms with Crippen LogP contribution in [-0.4, -0.2) is 32.2 Å². The predicted molar refractivity (Wildman–Crippen MR) is 113 cm³/mol. The van der Waals surface area contributed by atoms with Crippen molar-refractivity contribution in [2.75, 3.05) is 6.54 Å². The first-order chi connectivity index (χ1) is 14.2. The van der Waals surface area contributed by atoms with Crippen molar-refractivity contribution in [1.82, 2.24) is 25.1 Å². The van der Waals surface area contributed by atoms with Crippen LogP contribution in [0.3, 0.4) is 0 Å². The lowest BCUT2D eigenvalue weighted by molar-refractivity contribution is 0.0924. The molecule has 0 spiro atoms. The lowest BCUT2D eigenvalue weighted by atomic mass is 10.0. The Bertz CT molecular complexity index is 977. The Morgan fingerprint density at radius 1 is 1.03 bits per heavy atom. The molecule has 1 N–H and O–H groups in total. The fraction of sp³-hybridized carbons (Fsp3) is 0.391. The summed E-state index contributed by atoms with van der Waals surface area (Å²) in [6, 6.07) is 12.1. The molecule has 0 bridgehead atoms. The Labute approximate surface area is 171 Å². The van der Waals surface area contributed by atoms with E-state index in [1.54, 1.807) is 16.9 Å². The number of amides is 1. The summed E-state index contributed by atoms with van der Waals surface area (Å²) < 4.78 is 1.74. The molecule has 0 saturated heterocycles. The molecule has 6 nitrogen and oxygen atoms in total. The molecule has 0 unspecified atom stereocenters. The van der Waals surface area contributed by atoms with E-state index >= 15 is 0 Å². The van der Waals surface area contributed by atoms with Crippen LogP contribution in [0.5, 0.6) is 0 Å². The van der Waals surface area contributed by atoms with Crippen LogP contribution in [0.15, 0.2) is 42.6 Å². The van der Waals surface area contributed by atoms with E-state index in [0.29, 0.717) is 30.3 Å². The lowest BCUT2D eigenvalue weighted by Crippen LogP contribution is -2.35. The first-order valence-electron chi connectivity index (χ1n) is 10.5. The van der Waals surface area contributed by atoms with Crippen LogP contribution >= 0.6 is 0 Å². The molecule has 1 aromatic carbocycles. The standard InChI is InChI=1S/C23H27N5O/c1-2-3-4-5-6-7-17-8-10-18(11-9-17)22-24-13-12-19(26-22)20-16-21-23(29)25-14-15-28(21)27-20/h8-13,16H,2-7,14-15H2,1H3,(H,25,29). The number of carbonyl (C=O) groups excluding carboxylic acids is 1. The highest BCUT2D eigenvalue weighted by molar-refractivity contribution is 5.94. The molecule has 3 aromatic rings. The largest absolute Gasteiger partial charge is 0.349 e. The van der Waals surface area contributed by atoms with Gasteiger partial charge in [-0.3, -0.25) is 9.48 Å². The molecule has 150 valence electrons. The van der Waals surface area contributed by atoms with Crippen LogP contribution in [0.25, 0.3) is 22.8 Å². The van der Waals surface area contributed by atoms with E-state index in [1.807, 2.05) is 6.07 Å². The van der Waals surface area contributed by atoms with Crippen molar-refractivity contribution in [2.24, 2.45) is 0 Å². The maximum Gasteiger partial charge on any atom is 0.269 e. The van der Waals surface area contributed by atoms with Crippen LogP contribution in [-0.2, 0) is 13.0 Å². The molecule has 0 radical (unpaired) electrons. The molecule has 0 aliphatic carbocycles. The Hall–Kier alpha value is -3.02. The number of hydrogen-bond donors (Lipinski definition) is 1. The van der Waals surface area contributed by atoms with Crippen molar-refractivity contribution in [2.45, 2.75) is 52.0 Å². The molecule has 1 amide bonds. The number of aryl methyl sites for hydroxylation is 1. The normalized spacial score (nSPS) is 13.2. The predicted octanol–water partition coefficient (Wildman–Crippen LogP) is 4.26. The monoisotopic (exact) mass is 389 g/mol. The van der Waals surface area contributed by atoms with Crippen LogP contribution in [0, 0.1) is 0 Å². The Morgan fingerprint density at radius 2 is 1.86 bits per heavy atom. The smallest absolute Gasteiger partial charge is 0.269 e. The maximum absolute atomic E-state index is 12.0. The van der Waals surface area contributed by atoms with Crippen LogP contribution in [0.2, 0.25) is 0 Å². The molecular weight excluding hydrogens is 362 g/mol. The van der Waals surface area contributed by atoms with Crippen LogP contribution in [0.4, 0.5) is 0 Å². The third-order valence-corrected chi connectivity index (χ3v) is 5.32. The number of unbranched alkanes of at least 4 members (excludes halogenated alkanes) is 4. The molecule has 6 heteroatoms. The van der Waals surface area contributed by atoms with E-state index < -0.39 is 0 Å². The van der Waals surface area contributed by atoms with Gasteiger partial charge in [-0.25, -0.2) is 9.97 Å². The third-order valence-electron chi connectivity index (χ3n) is 5.32. The van der Waals surface area contributed by atoms with Gasteiger partial charge in [0.05, 0.1) is 12.2 Å². The molecule has 1 aliphatic rings. The number of rotatable bonds is 8. The molecule has 1 aliphatic heterocycles. The zero-order chi connectivity index (χ0) is 20.1. The van der Waals surface area contributed by atoms with Crippen molar-refractivity contribution >= 4 is 5.91 Å². The summed E-state index contributed by atoms with van der Waals surface area (Å²) in [5, 5.41) is 7.38. The zero-order valence-corrected chi connectivity index (χ0v) is 16.9. The average molecular weight is 390 g/mol. The second kappa shape index (κ2) is 8.99. The van der Waals surface area contributed by atoms with E-state index in [0.717, 1.165) is 17.7 Å². The minimum atomic E-state index is -0.0884. The summed E-state index contributed by atoms with van der Waals surface area (Å²) in [5.41, 5.74) is 4.35. The quantitative estimate of drug-likeness (QED) is 0.584. The van der Waals surface area contributed by atoms with E-state index in [-0.39, 0.29) is 5.91 Å². The topological polar surface area (TPSA) is 72.7 Å². The Morgan fingerprint density at radius 3 is 2.66 bits per heavy atom. The fourth-order valence-electron chi connectivity index (χ4n) is 3.65. The third kappa shape index (κ3) is 4.53. The first-order valence-corrected chi connectivity index (χ1v) is 10.5. The fourth-order valence-corrected chi connectivity index (χ4v) is 3.65. The molecule has 0 fully saturated rings. The summed E-state index contributed by atoms with van der Waals surface area (Å²) >= 11 is 0. The van der Waals surface area contributed by atoms with Gasteiger partial charge in [-0.2, -0.15) is 5.10 Å². The minimum Gasteiger partial charge on any atom is -0.349 e. The van der Waals surface area contributed by atoms with Gasteiger partial charge in [-0.1, -0.05) is 56.9 Å². The Balaban J connectivity index is 1.47. The summed E-state index contributed by atoms with van der Waals surface area (Å²) in [7, 11) is 0. The number of nitrogens with one attached hydrogen (secondary N) is 1. The molecule has 2 aromatic heterocycles. The Kier molecular flexibility index (Phi) is 5.98. The second-order valence-electron chi connectivity index (χ2n) is 7.52. The number of fused-ring (bicyclic) bond motifs is 1. The van der Waals surface area contributed by atoms with Crippen LogP contribution < -0.4 is 5.32 Å². The number of nitrogens with zero attached hydrogens (tertiary/aromatic N) is 4. The highest BCUT2D eigenvalue weighted by Gasteiger charge is 2.20. The van der Waals surface area contributed by atoms with Crippen molar-refractivity contribution in [3.05, 3.63) is 53.9 Å². The molecule has 0 atom stereocenters. The van der Waals surface area contributed by atoms with Gasteiger partial charge in [0.2, 0.25) is 0 Å². The van der Waals surface area contributed by atoms with E-state index in [9.17, 15) is 4.79 Å². The highest BCUT2D eigenvalue weighted by Crippen LogP contribution is 2.22. The van der Waals surface area contributed by atoms with Gasteiger partial charge in [0.15, 0.2) is 5.82 Å². The van der Waals surface area contributed by atoms with Gasteiger partial charge in [-0.15, -0.1) is 0 Å². The van der Waals surface area contributed by atoms with Gasteiger partial charge in [-0.05, 0) is 30.5 Å². The summed E-state index contributed by atoms with van der Waals surface area (Å²) in [6.07, 6.45) is 9.34. The maximum atomic E-state index is 12.0. The molecule has 29 heavy (non-hydrogen) atoms. The van der Waals surface area contributed by atoms with Gasteiger partial charge >= 0.3 is 0 Å². The molecule has 0 saturated carbocycles. The summed E-state index contributed by atoms with van der Waals surface area (Å²) in [5.74, 6) is 0.585. The van der Waals surface area contributed by atoms with E-state index in [1.165, 1.54) is 37.7 Å². The summed E-state index contributed by atoms with van der Waals surface area (Å²) in [4.78, 5) is 21.1. The molecular formula is C23H27N5O. The van der Waals surface area contributed by atoms with Gasteiger partial charge in [0.25, 0.3) is 5.91 Å². The summed E-state index contributed by atoms with van der Waals surface area (Å²) in [6.45, 7) is 3.53. The number of benzene rings is 1.